The Morgan fingerprint density at radius 3 is 3.05 bits per heavy atom. The number of hydrazone groups is 1. The molecule has 1 N–H and O–H groups in total. The lowest BCUT2D eigenvalue weighted by Crippen LogP contribution is -2.17. The van der Waals surface area contributed by atoms with Crippen molar-refractivity contribution in [1.82, 2.24) is 10.4 Å². The summed E-state index contributed by atoms with van der Waals surface area (Å²) in [6, 6.07) is 7.21. The summed E-state index contributed by atoms with van der Waals surface area (Å²) in [5.74, 6) is 2.60. The second-order valence-electron chi connectivity index (χ2n) is 5.00. The Balaban J connectivity index is 1.58. The van der Waals surface area contributed by atoms with E-state index in [0.29, 0.717) is 23.2 Å². The molecule has 0 unspecified atom stereocenters. The second-order valence-corrected chi connectivity index (χ2v) is 5.00. The topological polar surface area (TPSA) is 67.5 Å². The van der Waals surface area contributed by atoms with E-state index in [1.54, 1.807) is 18.3 Å². The van der Waals surface area contributed by atoms with Gasteiger partial charge in [-0.1, -0.05) is 6.92 Å². The normalized spacial score (nSPS) is 21.1. The molecule has 1 aliphatic carbocycles. The Morgan fingerprint density at radius 1 is 1.50 bits per heavy atom. The average molecular weight is 269 g/mol. The minimum atomic E-state index is -0.294. The molecule has 0 aliphatic heterocycles. The molecule has 2 atom stereocenters. The van der Waals surface area contributed by atoms with Gasteiger partial charge in [0.25, 0.3) is 5.91 Å². The largest absolute Gasteiger partial charge is 0.460 e. The number of carbonyl (C=O) groups excluding carboxylic acids is 1. The maximum Gasteiger partial charge on any atom is 0.272 e. The first kappa shape index (κ1) is 12.6. The molecule has 20 heavy (non-hydrogen) atoms. The van der Waals surface area contributed by atoms with Gasteiger partial charge in [0.05, 0.1) is 11.8 Å². The van der Waals surface area contributed by atoms with E-state index in [-0.39, 0.29) is 5.91 Å². The number of nitrogens with one attached hydrogen (secondary N) is 1. The molecule has 5 heteroatoms. The smallest absolute Gasteiger partial charge is 0.272 e. The third-order valence-corrected chi connectivity index (χ3v) is 3.40. The predicted molar refractivity (Wildman–Crippen MR) is 74.5 cm³/mol. The number of hydrogen-bond acceptors (Lipinski definition) is 4. The van der Waals surface area contributed by atoms with Gasteiger partial charge in [-0.2, -0.15) is 5.10 Å². The van der Waals surface area contributed by atoms with Crippen molar-refractivity contribution < 1.29 is 9.21 Å². The summed E-state index contributed by atoms with van der Waals surface area (Å²) in [4.78, 5) is 15.6. The first-order chi connectivity index (χ1) is 9.74. The minimum absolute atomic E-state index is 0.294. The van der Waals surface area contributed by atoms with Crippen molar-refractivity contribution >= 4 is 12.1 Å². The maximum atomic E-state index is 11.7. The molecule has 0 aromatic carbocycles. The maximum absolute atomic E-state index is 11.7. The zero-order valence-corrected chi connectivity index (χ0v) is 11.1. The summed E-state index contributed by atoms with van der Waals surface area (Å²) in [6.07, 6.45) is 5.79. The van der Waals surface area contributed by atoms with Crippen LogP contribution in [-0.2, 0) is 0 Å². The van der Waals surface area contributed by atoms with Crippen molar-refractivity contribution in [2.24, 2.45) is 11.0 Å². The van der Waals surface area contributed by atoms with Crippen LogP contribution in [0.15, 0.2) is 46.2 Å². The third-order valence-electron chi connectivity index (χ3n) is 3.40. The van der Waals surface area contributed by atoms with Crippen molar-refractivity contribution in [2.45, 2.75) is 19.3 Å². The number of aromatic nitrogens is 1. The van der Waals surface area contributed by atoms with E-state index in [0.717, 1.165) is 5.76 Å². The van der Waals surface area contributed by atoms with Gasteiger partial charge in [0, 0.05) is 18.3 Å². The first-order valence-corrected chi connectivity index (χ1v) is 6.57. The van der Waals surface area contributed by atoms with Gasteiger partial charge >= 0.3 is 0 Å². The monoisotopic (exact) mass is 269 g/mol. The van der Waals surface area contributed by atoms with Crippen LogP contribution in [0, 0.1) is 5.92 Å². The third kappa shape index (κ3) is 2.77. The van der Waals surface area contributed by atoms with Crippen LogP contribution < -0.4 is 5.43 Å². The Bertz CT molecular complexity index is 634. The number of pyridine rings is 1. The highest BCUT2D eigenvalue weighted by molar-refractivity contribution is 5.94. The SMILES string of the molecule is C[C@@H]1C[C@@H]1c1ccc(/C=N\NC(=O)c2cccnc2)o1. The van der Waals surface area contributed by atoms with Crippen LogP contribution in [0.1, 0.15) is 41.1 Å². The molecule has 102 valence electrons. The van der Waals surface area contributed by atoms with Gasteiger partial charge in [-0.15, -0.1) is 0 Å². The minimum Gasteiger partial charge on any atom is -0.460 e. The molecule has 0 radical (unpaired) electrons. The van der Waals surface area contributed by atoms with Gasteiger partial charge in [-0.3, -0.25) is 9.78 Å². The lowest BCUT2D eigenvalue weighted by atomic mass is 10.3. The molecule has 0 spiro atoms. The predicted octanol–water partition coefficient (Wildman–Crippen LogP) is 2.56. The fourth-order valence-electron chi connectivity index (χ4n) is 2.07. The highest BCUT2D eigenvalue weighted by atomic mass is 16.3. The molecule has 1 amide bonds. The molecule has 3 rings (SSSR count). The van der Waals surface area contributed by atoms with Crippen molar-refractivity contribution in [3.63, 3.8) is 0 Å². The van der Waals surface area contributed by atoms with Gasteiger partial charge in [0.15, 0.2) is 0 Å². The Morgan fingerprint density at radius 2 is 2.35 bits per heavy atom. The lowest BCUT2D eigenvalue weighted by molar-refractivity contribution is 0.0955. The molecule has 2 aromatic heterocycles. The number of nitrogens with zero attached hydrogens (tertiary/aromatic N) is 2. The van der Waals surface area contributed by atoms with Gasteiger partial charge < -0.3 is 4.42 Å². The van der Waals surface area contributed by atoms with Crippen molar-refractivity contribution in [3.05, 3.63) is 53.7 Å². The van der Waals surface area contributed by atoms with E-state index in [9.17, 15) is 4.79 Å². The van der Waals surface area contributed by atoms with Crippen LogP contribution in [0.2, 0.25) is 0 Å². The van der Waals surface area contributed by atoms with Gasteiger partial charge in [-0.25, -0.2) is 5.43 Å². The number of furan rings is 1. The van der Waals surface area contributed by atoms with Crippen LogP contribution in [0.5, 0.6) is 0 Å². The van der Waals surface area contributed by atoms with E-state index < -0.39 is 0 Å². The fraction of sp³-hybridized carbons (Fsp3) is 0.267. The van der Waals surface area contributed by atoms with E-state index in [1.165, 1.54) is 18.8 Å². The molecule has 1 fully saturated rings. The van der Waals surface area contributed by atoms with Gasteiger partial charge in [0.1, 0.15) is 11.5 Å². The summed E-state index contributed by atoms with van der Waals surface area (Å²) in [5, 5.41) is 3.88. The van der Waals surface area contributed by atoms with Crippen LogP contribution in [0.4, 0.5) is 0 Å². The summed E-state index contributed by atoms with van der Waals surface area (Å²) in [5.41, 5.74) is 2.91. The second kappa shape index (κ2) is 5.28. The Kier molecular flexibility index (Phi) is 3.33. The molecule has 0 saturated heterocycles. The summed E-state index contributed by atoms with van der Waals surface area (Å²) < 4.78 is 5.65. The zero-order chi connectivity index (χ0) is 13.9. The van der Waals surface area contributed by atoms with Crippen molar-refractivity contribution in [3.8, 4) is 0 Å². The molecule has 1 aliphatic rings. The molecule has 1 saturated carbocycles. The molecular formula is C15H15N3O2. The molecular weight excluding hydrogens is 254 g/mol. The van der Waals surface area contributed by atoms with E-state index in [2.05, 4.69) is 22.4 Å². The Labute approximate surface area is 116 Å². The lowest BCUT2D eigenvalue weighted by Gasteiger charge is -1.97. The number of rotatable bonds is 4. The summed E-state index contributed by atoms with van der Waals surface area (Å²) in [7, 11) is 0. The van der Waals surface area contributed by atoms with Crippen LogP contribution in [0.25, 0.3) is 0 Å². The summed E-state index contributed by atoms with van der Waals surface area (Å²) >= 11 is 0. The molecule has 5 nitrogen and oxygen atoms in total. The van der Waals surface area contributed by atoms with Gasteiger partial charge in [-0.05, 0) is 36.6 Å². The number of amides is 1. The van der Waals surface area contributed by atoms with Crippen LogP contribution in [0.3, 0.4) is 0 Å². The number of carbonyl (C=O) groups is 1. The fourth-order valence-corrected chi connectivity index (χ4v) is 2.07. The molecule has 2 aromatic rings. The van der Waals surface area contributed by atoms with Crippen molar-refractivity contribution in [1.29, 1.82) is 0 Å². The number of hydrogen-bond donors (Lipinski definition) is 1. The quantitative estimate of drug-likeness (QED) is 0.685. The first-order valence-electron chi connectivity index (χ1n) is 6.57. The highest BCUT2D eigenvalue weighted by Crippen LogP contribution is 2.47. The standard InChI is InChI=1S/C15H15N3O2/c1-10-7-13(10)14-5-4-12(20-14)9-17-18-15(19)11-3-2-6-16-8-11/h2-6,8-10,13H,7H2,1H3,(H,18,19)/b17-9-/t10-,13+/m1/s1. The highest BCUT2D eigenvalue weighted by Gasteiger charge is 2.36. The van der Waals surface area contributed by atoms with E-state index in [1.807, 2.05) is 12.1 Å². The van der Waals surface area contributed by atoms with Gasteiger partial charge in [0.2, 0.25) is 0 Å². The average Bonchev–Trinajstić information content (AvgIpc) is 3.01. The zero-order valence-electron chi connectivity index (χ0n) is 11.1. The summed E-state index contributed by atoms with van der Waals surface area (Å²) in [6.45, 7) is 2.20. The Hall–Kier alpha value is -2.43. The van der Waals surface area contributed by atoms with Crippen LogP contribution in [-0.4, -0.2) is 17.1 Å². The van der Waals surface area contributed by atoms with Crippen molar-refractivity contribution in [2.75, 3.05) is 0 Å². The van der Waals surface area contributed by atoms with E-state index >= 15 is 0 Å². The molecule has 0 bridgehead atoms. The molecule has 2 heterocycles. The van der Waals surface area contributed by atoms with E-state index in [4.69, 9.17) is 4.42 Å². The van der Waals surface area contributed by atoms with Crippen LogP contribution >= 0.6 is 0 Å².